The van der Waals surface area contributed by atoms with Crippen LogP contribution in [-0.2, 0) is 6.54 Å². The fraction of sp³-hybridized carbons (Fsp3) is 0.588. The molecule has 7 heteroatoms. The van der Waals surface area contributed by atoms with Gasteiger partial charge in [-0.3, -0.25) is 10.1 Å². The average molecular weight is 330 g/mol. The van der Waals surface area contributed by atoms with E-state index in [2.05, 4.69) is 37.7 Å². The fourth-order valence-electron chi connectivity index (χ4n) is 3.16. The molecule has 0 amide bonds. The first-order valence-electron chi connectivity index (χ1n) is 8.70. The molecule has 1 saturated carbocycles. The molecular formula is C17H26N6O. The molecule has 0 radical (unpaired) electrons. The summed E-state index contributed by atoms with van der Waals surface area (Å²) in [5, 5.41) is 13.9. The lowest BCUT2D eigenvalue weighted by Gasteiger charge is -2.29. The van der Waals surface area contributed by atoms with Gasteiger partial charge in [0.25, 0.3) is 0 Å². The Hall–Kier alpha value is -2.31. The summed E-state index contributed by atoms with van der Waals surface area (Å²) in [5.74, 6) is 3.68. The van der Waals surface area contributed by atoms with E-state index < -0.39 is 0 Å². The number of guanidine groups is 1. The number of nitrogens with zero attached hydrogens (tertiary/aromatic N) is 3. The monoisotopic (exact) mass is 330 g/mol. The van der Waals surface area contributed by atoms with Crippen LogP contribution in [0.3, 0.4) is 0 Å². The van der Waals surface area contributed by atoms with Gasteiger partial charge in [-0.05, 0) is 43.7 Å². The van der Waals surface area contributed by atoms with Gasteiger partial charge in [0.15, 0.2) is 11.7 Å². The summed E-state index contributed by atoms with van der Waals surface area (Å²) in [7, 11) is 1.79. The molecule has 1 aliphatic rings. The van der Waals surface area contributed by atoms with Crippen molar-refractivity contribution in [1.29, 1.82) is 0 Å². The van der Waals surface area contributed by atoms with E-state index in [0.717, 1.165) is 17.7 Å². The topological polar surface area (TPSA) is 91.1 Å². The minimum atomic E-state index is 0.507. The third-order valence-electron chi connectivity index (χ3n) is 4.69. The van der Waals surface area contributed by atoms with Crippen LogP contribution in [0.5, 0.6) is 0 Å². The first-order chi connectivity index (χ1) is 11.8. The molecular weight excluding hydrogens is 304 g/mol. The number of H-pyrrole nitrogens is 1. The molecule has 130 valence electrons. The predicted octanol–water partition coefficient (Wildman–Crippen LogP) is 2.70. The lowest BCUT2D eigenvalue weighted by atomic mass is 9.84. The molecule has 24 heavy (non-hydrogen) atoms. The highest BCUT2D eigenvalue weighted by atomic mass is 16.3. The maximum Gasteiger partial charge on any atom is 0.216 e. The van der Waals surface area contributed by atoms with E-state index in [1.165, 1.54) is 32.1 Å². The van der Waals surface area contributed by atoms with Crippen molar-refractivity contribution >= 4 is 5.96 Å². The Morgan fingerprint density at radius 3 is 2.88 bits per heavy atom. The third kappa shape index (κ3) is 4.15. The smallest absolute Gasteiger partial charge is 0.216 e. The zero-order chi connectivity index (χ0) is 16.8. The number of aromatic nitrogens is 3. The number of nitrogens with one attached hydrogen (secondary N) is 3. The van der Waals surface area contributed by atoms with E-state index >= 15 is 0 Å². The van der Waals surface area contributed by atoms with Gasteiger partial charge in [0.05, 0.1) is 12.8 Å². The minimum absolute atomic E-state index is 0.507. The van der Waals surface area contributed by atoms with Gasteiger partial charge in [0.2, 0.25) is 5.82 Å². The summed E-state index contributed by atoms with van der Waals surface area (Å²) in [6.45, 7) is 2.82. The molecule has 0 atom stereocenters. The van der Waals surface area contributed by atoms with Crippen molar-refractivity contribution in [3.8, 4) is 11.6 Å². The Labute approximate surface area is 142 Å². The number of aromatic amines is 1. The zero-order valence-corrected chi connectivity index (χ0v) is 14.4. The van der Waals surface area contributed by atoms with Crippen LogP contribution in [0.1, 0.15) is 44.9 Å². The summed E-state index contributed by atoms with van der Waals surface area (Å²) in [4.78, 5) is 8.73. The molecule has 7 nitrogen and oxygen atoms in total. The van der Waals surface area contributed by atoms with Gasteiger partial charge in [-0.2, -0.15) is 0 Å². The Bertz CT molecular complexity index is 640. The number of rotatable bonds is 5. The summed E-state index contributed by atoms with van der Waals surface area (Å²) in [6, 6.07) is 4.17. The highest BCUT2D eigenvalue weighted by Crippen LogP contribution is 2.26. The predicted molar refractivity (Wildman–Crippen MR) is 93.5 cm³/mol. The molecule has 0 aromatic carbocycles. The highest BCUT2D eigenvalue weighted by molar-refractivity contribution is 5.79. The van der Waals surface area contributed by atoms with Crippen molar-refractivity contribution in [2.45, 2.75) is 51.6 Å². The van der Waals surface area contributed by atoms with Gasteiger partial charge in [-0.1, -0.05) is 13.3 Å². The third-order valence-corrected chi connectivity index (χ3v) is 4.69. The lowest BCUT2D eigenvalue weighted by Crippen LogP contribution is -2.44. The van der Waals surface area contributed by atoms with Crippen LogP contribution in [-0.4, -0.2) is 34.2 Å². The van der Waals surface area contributed by atoms with Crippen LogP contribution in [0, 0.1) is 5.92 Å². The first kappa shape index (κ1) is 16.5. The van der Waals surface area contributed by atoms with Gasteiger partial charge in [-0.25, -0.2) is 4.98 Å². The van der Waals surface area contributed by atoms with Crippen LogP contribution >= 0.6 is 0 Å². The quantitative estimate of drug-likeness (QED) is 0.579. The number of furan rings is 1. The summed E-state index contributed by atoms with van der Waals surface area (Å²) >= 11 is 0. The molecule has 0 bridgehead atoms. The first-order valence-corrected chi connectivity index (χ1v) is 8.70. The van der Waals surface area contributed by atoms with E-state index in [4.69, 9.17) is 4.42 Å². The average Bonchev–Trinajstić information content (AvgIpc) is 3.30. The standard InChI is InChI=1S/C17H26N6O/c1-3-12-6-8-13(9-7-12)20-17(18-2)19-11-15-21-16(23-22-15)14-5-4-10-24-14/h4-5,10,12-13H,3,6-9,11H2,1-2H3,(H2,18,19,20)(H,21,22,23). The molecule has 3 N–H and O–H groups in total. The molecule has 2 heterocycles. The van der Waals surface area contributed by atoms with Gasteiger partial charge in [-0.15, -0.1) is 5.10 Å². The lowest BCUT2D eigenvalue weighted by molar-refractivity contribution is 0.304. The van der Waals surface area contributed by atoms with Crippen LogP contribution in [0.4, 0.5) is 0 Å². The molecule has 2 aromatic heterocycles. The molecule has 2 aromatic rings. The maximum atomic E-state index is 5.30. The highest BCUT2D eigenvalue weighted by Gasteiger charge is 2.20. The van der Waals surface area contributed by atoms with E-state index in [1.54, 1.807) is 13.3 Å². The van der Waals surface area contributed by atoms with Crippen molar-refractivity contribution in [3.05, 3.63) is 24.2 Å². The van der Waals surface area contributed by atoms with Crippen LogP contribution in [0.2, 0.25) is 0 Å². The number of hydrogen-bond donors (Lipinski definition) is 3. The molecule has 0 saturated heterocycles. The van der Waals surface area contributed by atoms with Crippen molar-refractivity contribution < 1.29 is 4.42 Å². The Morgan fingerprint density at radius 1 is 1.38 bits per heavy atom. The second-order valence-electron chi connectivity index (χ2n) is 6.28. The van der Waals surface area contributed by atoms with Gasteiger partial charge >= 0.3 is 0 Å². The SMILES string of the molecule is CCC1CCC(NC(=NC)NCc2nc(-c3ccco3)n[nH]2)CC1. The fourth-order valence-corrected chi connectivity index (χ4v) is 3.16. The van der Waals surface area contributed by atoms with Gasteiger partial charge in [0.1, 0.15) is 5.82 Å². The molecule has 1 aliphatic carbocycles. The van der Waals surface area contributed by atoms with Gasteiger partial charge in [0, 0.05) is 13.1 Å². The minimum Gasteiger partial charge on any atom is -0.461 e. The largest absolute Gasteiger partial charge is 0.461 e. The Balaban J connectivity index is 1.48. The van der Waals surface area contributed by atoms with E-state index in [0.29, 0.717) is 24.2 Å². The van der Waals surface area contributed by atoms with Gasteiger partial charge < -0.3 is 15.1 Å². The number of aliphatic imine (C=N–C) groups is 1. The van der Waals surface area contributed by atoms with Crippen molar-refractivity contribution in [3.63, 3.8) is 0 Å². The van der Waals surface area contributed by atoms with Crippen molar-refractivity contribution in [1.82, 2.24) is 25.8 Å². The van der Waals surface area contributed by atoms with E-state index in [1.807, 2.05) is 12.1 Å². The van der Waals surface area contributed by atoms with Crippen LogP contribution < -0.4 is 10.6 Å². The number of hydrogen-bond acceptors (Lipinski definition) is 4. The molecule has 0 aliphatic heterocycles. The molecule has 1 fully saturated rings. The summed E-state index contributed by atoms with van der Waals surface area (Å²) < 4.78 is 5.30. The normalized spacial score (nSPS) is 21.7. The van der Waals surface area contributed by atoms with Crippen LogP contribution in [0.15, 0.2) is 27.8 Å². The second kappa shape index (κ2) is 7.99. The van der Waals surface area contributed by atoms with Crippen molar-refractivity contribution in [2.75, 3.05) is 7.05 Å². The molecule has 0 spiro atoms. The molecule has 0 unspecified atom stereocenters. The summed E-state index contributed by atoms with van der Waals surface area (Å²) in [6.07, 6.45) is 7.94. The van der Waals surface area contributed by atoms with E-state index in [-0.39, 0.29) is 0 Å². The Morgan fingerprint density at radius 2 is 2.21 bits per heavy atom. The zero-order valence-electron chi connectivity index (χ0n) is 14.4. The summed E-state index contributed by atoms with van der Waals surface area (Å²) in [5.41, 5.74) is 0. The van der Waals surface area contributed by atoms with Crippen molar-refractivity contribution in [2.24, 2.45) is 10.9 Å². The van der Waals surface area contributed by atoms with Crippen LogP contribution in [0.25, 0.3) is 11.6 Å². The second-order valence-corrected chi connectivity index (χ2v) is 6.28. The molecule has 3 rings (SSSR count). The Kier molecular flexibility index (Phi) is 5.51. The maximum absolute atomic E-state index is 5.30. The van der Waals surface area contributed by atoms with E-state index in [9.17, 15) is 0 Å².